The van der Waals surface area contributed by atoms with Gasteiger partial charge in [0.05, 0.1) is 0 Å². The maximum Gasteiger partial charge on any atom is 0.250 e. The minimum atomic E-state index is -1.63. The molecule has 3 heterocycles. The molecule has 0 radical (unpaired) electrons. The Morgan fingerprint density at radius 3 is 2.65 bits per heavy atom. The predicted molar refractivity (Wildman–Crippen MR) is 105 cm³/mol. The molecule has 1 N–H and O–H groups in total. The first kappa shape index (κ1) is 20.0. The first-order valence-corrected chi connectivity index (χ1v) is 10.1. The Morgan fingerprint density at radius 2 is 2.00 bits per heavy atom. The maximum atomic E-state index is 12.3. The van der Waals surface area contributed by atoms with Crippen molar-refractivity contribution >= 4 is 40.7 Å². The van der Waals surface area contributed by atoms with Gasteiger partial charge >= 0.3 is 0 Å². The summed E-state index contributed by atoms with van der Waals surface area (Å²) < 4.78 is 0.229. The highest BCUT2D eigenvalue weighted by atomic mass is 35.6. The average Bonchev–Trinajstić information content (AvgIpc) is 2.52. The molecule has 2 aliphatic heterocycles. The molecule has 1 amide bonds. The zero-order valence-corrected chi connectivity index (χ0v) is 17.2. The molecule has 0 spiro atoms. The van der Waals surface area contributed by atoms with E-state index in [1.165, 1.54) is 0 Å². The van der Waals surface area contributed by atoms with E-state index in [9.17, 15) is 9.59 Å². The molecule has 1 aromatic rings. The highest BCUT2D eigenvalue weighted by molar-refractivity contribution is 6.68. The van der Waals surface area contributed by atoms with Crippen molar-refractivity contribution in [1.82, 2.24) is 14.8 Å². The summed E-state index contributed by atoms with van der Waals surface area (Å²) in [5, 5.41) is 2.91. The molecule has 144 valence electrons. The second-order valence-electron chi connectivity index (χ2n) is 7.76. The molecule has 0 saturated carbocycles. The predicted octanol–water partition coefficient (Wildman–Crippen LogP) is 3.13. The van der Waals surface area contributed by atoms with Crippen LogP contribution in [0.25, 0.3) is 0 Å². The molecule has 1 aromatic heterocycles. The standard InChI is InChI=1S/C18H24Cl3N3O2/c1-11(2)6-15(25)22-17(18(19,20)21)23-8-12-7-13(10-23)14-4-3-5-16(26)24(14)9-12/h3-5,11-13,17H,6-10H2,1-2H3,(H,22,25)/t12-,13-,17?/m0/s1. The van der Waals surface area contributed by atoms with E-state index in [0.29, 0.717) is 32.0 Å². The fourth-order valence-electron chi connectivity index (χ4n) is 4.11. The van der Waals surface area contributed by atoms with E-state index < -0.39 is 9.96 Å². The third-order valence-corrected chi connectivity index (χ3v) is 5.69. The molecule has 2 bridgehead atoms. The Hall–Kier alpha value is -0.750. The third kappa shape index (κ3) is 4.38. The fraction of sp³-hybridized carbons (Fsp3) is 0.667. The molecule has 8 heteroatoms. The highest BCUT2D eigenvalue weighted by Gasteiger charge is 2.44. The van der Waals surface area contributed by atoms with Crippen LogP contribution < -0.4 is 10.9 Å². The number of nitrogens with one attached hydrogen (secondary N) is 1. The van der Waals surface area contributed by atoms with Crippen molar-refractivity contribution in [2.24, 2.45) is 11.8 Å². The number of rotatable bonds is 4. The highest BCUT2D eigenvalue weighted by Crippen LogP contribution is 2.39. The van der Waals surface area contributed by atoms with Crippen LogP contribution in [0.3, 0.4) is 0 Å². The van der Waals surface area contributed by atoms with Crippen molar-refractivity contribution in [1.29, 1.82) is 0 Å². The number of amides is 1. The van der Waals surface area contributed by atoms with Gasteiger partial charge in [0.2, 0.25) is 9.70 Å². The number of pyridine rings is 1. The van der Waals surface area contributed by atoms with Gasteiger partial charge in [0, 0.05) is 43.7 Å². The Morgan fingerprint density at radius 1 is 1.27 bits per heavy atom. The number of piperidine rings is 1. The summed E-state index contributed by atoms with van der Waals surface area (Å²) >= 11 is 18.6. The van der Waals surface area contributed by atoms with Gasteiger partial charge < -0.3 is 9.88 Å². The number of alkyl halides is 3. The van der Waals surface area contributed by atoms with Crippen molar-refractivity contribution in [2.75, 3.05) is 13.1 Å². The summed E-state index contributed by atoms with van der Waals surface area (Å²) in [5.74, 6) is 0.584. The van der Waals surface area contributed by atoms with E-state index in [1.54, 1.807) is 12.1 Å². The van der Waals surface area contributed by atoms with E-state index >= 15 is 0 Å². The van der Waals surface area contributed by atoms with Gasteiger partial charge in [-0.15, -0.1) is 0 Å². The quantitative estimate of drug-likeness (QED) is 0.761. The van der Waals surface area contributed by atoms with Crippen LogP contribution in [0.5, 0.6) is 0 Å². The van der Waals surface area contributed by atoms with E-state index in [2.05, 4.69) is 5.32 Å². The summed E-state index contributed by atoms with van der Waals surface area (Å²) in [4.78, 5) is 26.5. The van der Waals surface area contributed by atoms with Gasteiger partial charge in [-0.25, -0.2) is 0 Å². The second kappa shape index (κ2) is 7.70. The number of halogens is 3. The molecule has 0 aliphatic carbocycles. The van der Waals surface area contributed by atoms with Gasteiger partial charge in [-0.3, -0.25) is 14.5 Å². The van der Waals surface area contributed by atoms with Crippen LogP contribution >= 0.6 is 34.8 Å². The number of aromatic nitrogens is 1. The Kier molecular flexibility index (Phi) is 5.92. The van der Waals surface area contributed by atoms with Gasteiger partial charge in [-0.05, 0) is 24.3 Å². The van der Waals surface area contributed by atoms with E-state index in [4.69, 9.17) is 34.8 Å². The number of carbonyl (C=O) groups excluding carboxylic acids is 1. The SMILES string of the molecule is CC(C)CC(=O)NC(N1C[C@@H]2C[C@@H](C1)c1cccc(=O)n1C2)C(Cl)(Cl)Cl. The van der Waals surface area contributed by atoms with E-state index in [-0.39, 0.29) is 23.3 Å². The average molecular weight is 421 g/mol. The van der Waals surface area contributed by atoms with Crippen LogP contribution in [0, 0.1) is 11.8 Å². The number of fused-ring (bicyclic) bond motifs is 4. The molecule has 0 aromatic carbocycles. The fourth-order valence-corrected chi connectivity index (χ4v) is 4.68. The largest absolute Gasteiger partial charge is 0.337 e. The molecule has 5 nitrogen and oxygen atoms in total. The van der Waals surface area contributed by atoms with Crippen LogP contribution in [0.2, 0.25) is 0 Å². The minimum Gasteiger partial charge on any atom is -0.337 e. The number of hydrogen-bond donors (Lipinski definition) is 1. The molecular formula is C18H24Cl3N3O2. The zero-order chi connectivity index (χ0) is 19.1. The van der Waals surface area contributed by atoms with Crippen molar-refractivity contribution in [3.8, 4) is 0 Å². The number of carbonyl (C=O) groups is 1. The van der Waals surface area contributed by atoms with Crippen LogP contribution in [-0.4, -0.2) is 38.4 Å². The van der Waals surface area contributed by atoms with Gasteiger partial charge in [-0.2, -0.15) is 0 Å². The number of likely N-dealkylation sites (tertiary alicyclic amines) is 1. The molecule has 1 saturated heterocycles. The lowest BCUT2D eigenvalue weighted by molar-refractivity contribution is -0.124. The van der Waals surface area contributed by atoms with Gasteiger partial charge in [0.1, 0.15) is 6.17 Å². The van der Waals surface area contributed by atoms with E-state index in [1.807, 2.05) is 29.4 Å². The van der Waals surface area contributed by atoms with Crippen LogP contribution in [-0.2, 0) is 11.3 Å². The number of hydrogen-bond acceptors (Lipinski definition) is 3. The molecule has 1 unspecified atom stereocenters. The summed E-state index contributed by atoms with van der Waals surface area (Å²) in [6.45, 7) is 5.93. The van der Waals surface area contributed by atoms with Crippen LogP contribution in [0.15, 0.2) is 23.0 Å². The zero-order valence-electron chi connectivity index (χ0n) is 14.9. The van der Waals surface area contributed by atoms with Crippen molar-refractivity contribution < 1.29 is 4.79 Å². The molecule has 2 aliphatic rings. The summed E-state index contributed by atoms with van der Waals surface area (Å²) in [5.41, 5.74) is 1.06. The van der Waals surface area contributed by atoms with E-state index in [0.717, 1.165) is 12.1 Å². The molecule has 3 rings (SSSR count). The minimum absolute atomic E-state index is 0.0359. The van der Waals surface area contributed by atoms with Crippen LogP contribution in [0.1, 0.15) is 38.3 Å². The normalized spacial score (nSPS) is 24.2. The Labute approximate surface area is 168 Å². The summed E-state index contributed by atoms with van der Waals surface area (Å²) in [6.07, 6.45) is 0.703. The molecular weight excluding hydrogens is 397 g/mol. The lowest BCUT2D eigenvalue weighted by Crippen LogP contribution is -2.60. The smallest absolute Gasteiger partial charge is 0.250 e. The molecule has 26 heavy (non-hydrogen) atoms. The summed E-state index contributed by atoms with van der Waals surface area (Å²) in [6, 6.07) is 5.39. The Balaban J connectivity index is 1.82. The third-order valence-electron chi connectivity index (χ3n) is 5.07. The van der Waals surface area contributed by atoms with Crippen molar-refractivity contribution in [2.45, 2.75) is 49.1 Å². The van der Waals surface area contributed by atoms with Crippen LogP contribution in [0.4, 0.5) is 0 Å². The monoisotopic (exact) mass is 419 g/mol. The first-order chi connectivity index (χ1) is 12.1. The lowest BCUT2D eigenvalue weighted by atomic mass is 9.83. The van der Waals surface area contributed by atoms with Gasteiger partial charge in [0.25, 0.3) is 5.56 Å². The first-order valence-electron chi connectivity index (χ1n) is 8.95. The lowest BCUT2D eigenvalue weighted by Gasteiger charge is -2.47. The molecule has 1 fully saturated rings. The summed E-state index contributed by atoms with van der Waals surface area (Å²) in [7, 11) is 0. The second-order valence-corrected chi connectivity index (χ2v) is 10.1. The van der Waals surface area contributed by atoms with Gasteiger partial charge in [-0.1, -0.05) is 54.7 Å². The topological polar surface area (TPSA) is 54.3 Å². The molecule has 3 atom stereocenters. The van der Waals surface area contributed by atoms with Crippen molar-refractivity contribution in [3.05, 3.63) is 34.2 Å². The van der Waals surface area contributed by atoms with Gasteiger partial charge in [0.15, 0.2) is 0 Å². The maximum absolute atomic E-state index is 12.3. The number of nitrogens with zero attached hydrogens (tertiary/aromatic N) is 2. The Bertz CT molecular complexity index is 729. The van der Waals surface area contributed by atoms with Crippen molar-refractivity contribution in [3.63, 3.8) is 0 Å².